The van der Waals surface area contributed by atoms with Gasteiger partial charge in [0.25, 0.3) is 0 Å². The Hall–Kier alpha value is -2.13. The second-order valence-electron chi connectivity index (χ2n) is 6.05. The van der Waals surface area contributed by atoms with Crippen LogP contribution in [0.15, 0.2) is 29.2 Å². The Labute approximate surface area is 153 Å². The highest BCUT2D eigenvalue weighted by Gasteiger charge is 2.33. The minimum absolute atomic E-state index is 0.103. The Kier molecular flexibility index (Phi) is 6.98. The number of piperidine rings is 1. The average Bonchev–Trinajstić information content (AvgIpc) is 2.66. The quantitative estimate of drug-likeness (QED) is 0.707. The largest absolute Gasteiger partial charge is 0.497 e. The maximum Gasteiger partial charge on any atom is 0.243 e. The van der Waals surface area contributed by atoms with Crippen molar-refractivity contribution in [3.05, 3.63) is 24.3 Å². The predicted molar refractivity (Wildman–Crippen MR) is 96.2 cm³/mol. The maximum absolute atomic E-state index is 12.8. The van der Waals surface area contributed by atoms with E-state index < -0.39 is 15.9 Å². The summed E-state index contributed by atoms with van der Waals surface area (Å²) < 4.78 is 32.0. The predicted octanol–water partition coefficient (Wildman–Crippen LogP) is 0.348. The molecule has 1 atom stereocenters. The molecule has 1 fully saturated rings. The molecule has 1 aromatic rings. The van der Waals surface area contributed by atoms with Gasteiger partial charge in [-0.1, -0.05) is 0 Å². The number of hydrogen-bond donors (Lipinski definition) is 2. The second kappa shape index (κ2) is 9.00. The van der Waals surface area contributed by atoms with Gasteiger partial charge in [0, 0.05) is 19.6 Å². The van der Waals surface area contributed by atoms with Gasteiger partial charge in [-0.25, -0.2) is 8.42 Å². The van der Waals surface area contributed by atoms with E-state index in [2.05, 4.69) is 10.6 Å². The van der Waals surface area contributed by atoms with Gasteiger partial charge in [0.15, 0.2) is 0 Å². The van der Waals surface area contributed by atoms with Crippen LogP contribution < -0.4 is 15.4 Å². The number of carbonyl (C=O) groups is 2. The first-order chi connectivity index (χ1) is 12.4. The van der Waals surface area contributed by atoms with Gasteiger partial charge in [0.1, 0.15) is 5.75 Å². The standard InChI is InChI=1S/C17H25N3O5S/c1-3-18-16(21)11-19-17(22)13-5-4-10-20(12-13)26(23,24)15-8-6-14(25-2)7-9-15/h6-9,13H,3-5,10-12H2,1-2H3,(H,18,21)(H,19,22)/t13-/m1/s1. The fourth-order valence-electron chi connectivity index (χ4n) is 2.84. The number of nitrogens with zero attached hydrogens (tertiary/aromatic N) is 1. The van der Waals surface area contributed by atoms with Crippen molar-refractivity contribution in [1.82, 2.24) is 14.9 Å². The Morgan fingerprint density at radius 1 is 1.23 bits per heavy atom. The van der Waals surface area contributed by atoms with Gasteiger partial charge in [-0.05, 0) is 44.0 Å². The molecule has 8 nitrogen and oxygen atoms in total. The summed E-state index contributed by atoms with van der Waals surface area (Å²) in [6.07, 6.45) is 1.19. The lowest BCUT2D eigenvalue weighted by Crippen LogP contribution is -2.47. The van der Waals surface area contributed by atoms with Crippen molar-refractivity contribution in [3.8, 4) is 5.75 Å². The summed E-state index contributed by atoms with van der Waals surface area (Å²) in [6.45, 7) is 2.66. The highest BCUT2D eigenvalue weighted by atomic mass is 32.2. The molecule has 0 unspecified atom stereocenters. The van der Waals surface area contributed by atoms with Crippen LogP contribution in [0.2, 0.25) is 0 Å². The lowest BCUT2D eigenvalue weighted by molar-refractivity contribution is -0.129. The minimum Gasteiger partial charge on any atom is -0.497 e. The van der Waals surface area contributed by atoms with Gasteiger partial charge >= 0.3 is 0 Å². The smallest absolute Gasteiger partial charge is 0.243 e. The van der Waals surface area contributed by atoms with Crippen LogP contribution in [0, 0.1) is 5.92 Å². The second-order valence-corrected chi connectivity index (χ2v) is 7.99. The third-order valence-corrected chi connectivity index (χ3v) is 6.13. The molecule has 1 aliphatic rings. The van der Waals surface area contributed by atoms with Gasteiger partial charge in [-0.3, -0.25) is 9.59 Å². The topological polar surface area (TPSA) is 105 Å². The van der Waals surface area contributed by atoms with Crippen LogP contribution in [0.4, 0.5) is 0 Å². The molecule has 0 aromatic heterocycles. The van der Waals surface area contributed by atoms with Crippen LogP contribution >= 0.6 is 0 Å². The number of ether oxygens (including phenoxy) is 1. The number of likely N-dealkylation sites (N-methyl/N-ethyl adjacent to an activating group) is 1. The monoisotopic (exact) mass is 383 g/mol. The Morgan fingerprint density at radius 3 is 2.54 bits per heavy atom. The van der Waals surface area contributed by atoms with Gasteiger partial charge in [0.05, 0.1) is 24.5 Å². The highest BCUT2D eigenvalue weighted by molar-refractivity contribution is 7.89. The normalized spacial score (nSPS) is 18.2. The van der Waals surface area contributed by atoms with Crippen molar-refractivity contribution in [2.45, 2.75) is 24.7 Å². The summed E-state index contributed by atoms with van der Waals surface area (Å²) in [5, 5.41) is 5.17. The Balaban J connectivity index is 2.01. The van der Waals surface area contributed by atoms with Gasteiger partial charge in [-0.15, -0.1) is 0 Å². The molecule has 1 aliphatic heterocycles. The highest BCUT2D eigenvalue weighted by Crippen LogP contribution is 2.25. The van der Waals surface area contributed by atoms with Crippen molar-refractivity contribution in [2.24, 2.45) is 5.92 Å². The first-order valence-corrected chi connectivity index (χ1v) is 10.0. The molecule has 0 spiro atoms. The van der Waals surface area contributed by atoms with Crippen LogP contribution in [-0.4, -0.2) is 57.8 Å². The van der Waals surface area contributed by atoms with E-state index in [1.807, 2.05) is 0 Å². The molecule has 144 valence electrons. The van der Waals surface area contributed by atoms with E-state index in [-0.39, 0.29) is 29.8 Å². The van der Waals surface area contributed by atoms with Crippen molar-refractivity contribution in [2.75, 3.05) is 33.3 Å². The zero-order valence-corrected chi connectivity index (χ0v) is 15.8. The van der Waals surface area contributed by atoms with Gasteiger partial charge in [0.2, 0.25) is 21.8 Å². The van der Waals surface area contributed by atoms with Crippen molar-refractivity contribution < 1.29 is 22.7 Å². The van der Waals surface area contributed by atoms with Crippen LogP contribution in [0.1, 0.15) is 19.8 Å². The number of amides is 2. The molecular weight excluding hydrogens is 358 g/mol. The van der Waals surface area contributed by atoms with Crippen molar-refractivity contribution in [1.29, 1.82) is 0 Å². The summed E-state index contributed by atoms with van der Waals surface area (Å²) in [5.41, 5.74) is 0. The molecule has 1 aromatic carbocycles. The van der Waals surface area contributed by atoms with E-state index in [1.165, 1.54) is 23.5 Å². The first-order valence-electron chi connectivity index (χ1n) is 8.57. The zero-order valence-electron chi connectivity index (χ0n) is 15.0. The Bertz CT molecular complexity index is 733. The van der Waals surface area contributed by atoms with Crippen molar-refractivity contribution >= 4 is 21.8 Å². The fraction of sp³-hybridized carbons (Fsp3) is 0.529. The molecule has 2 amide bonds. The summed E-state index contributed by atoms with van der Waals surface area (Å²) in [5.74, 6) is -0.457. The Morgan fingerprint density at radius 2 is 1.92 bits per heavy atom. The third kappa shape index (κ3) is 4.95. The van der Waals surface area contributed by atoms with Crippen LogP contribution in [0.5, 0.6) is 5.75 Å². The number of rotatable bonds is 7. The third-order valence-electron chi connectivity index (χ3n) is 4.25. The maximum atomic E-state index is 12.8. The summed E-state index contributed by atoms with van der Waals surface area (Å²) in [7, 11) is -2.16. The number of methoxy groups -OCH3 is 1. The number of nitrogens with one attached hydrogen (secondary N) is 2. The van der Waals surface area contributed by atoms with E-state index in [0.29, 0.717) is 31.7 Å². The zero-order chi connectivity index (χ0) is 19.2. The number of benzene rings is 1. The average molecular weight is 383 g/mol. The molecule has 9 heteroatoms. The van der Waals surface area contributed by atoms with Gasteiger partial charge in [-0.2, -0.15) is 4.31 Å². The summed E-state index contributed by atoms with van der Waals surface area (Å²) in [6, 6.07) is 6.17. The number of carbonyl (C=O) groups excluding carboxylic acids is 2. The molecular formula is C17H25N3O5S. The van der Waals surface area contributed by atoms with Crippen LogP contribution in [0.3, 0.4) is 0 Å². The lowest BCUT2D eigenvalue weighted by atomic mass is 9.99. The number of sulfonamides is 1. The van der Waals surface area contributed by atoms with E-state index in [9.17, 15) is 18.0 Å². The molecule has 0 saturated carbocycles. The van der Waals surface area contributed by atoms with Crippen molar-refractivity contribution in [3.63, 3.8) is 0 Å². The molecule has 0 aliphatic carbocycles. The molecule has 1 heterocycles. The molecule has 26 heavy (non-hydrogen) atoms. The van der Waals surface area contributed by atoms with Crippen LogP contribution in [-0.2, 0) is 19.6 Å². The summed E-state index contributed by atoms with van der Waals surface area (Å²) >= 11 is 0. The van der Waals surface area contributed by atoms with E-state index in [4.69, 9.17) is 4.74 Å². The molecule has 2 N–H and O–H groups in total. The first kappa shape index (κ1) is 20.2. The molecule has 0 radical (unpaired) electrons. The van der Waals surface area contributed by atoms with E-state index >= 15 is 0 Å². The fourth-order valence-corrected chi connectivity index (χ4v) is 4.37. The SMILES string of the molecule is CCNC(=O)CNC(=O)[C@@H]1CCCN(S(=O)(=O)c2ccc(OC)cc2)C1. The lowest BCUT2D eigenvalue weighted by Gasteiger charge is -2.31. The van der Waals surface area contributed by atoms with Crippen LogP contribution in [0.25, 0.3) is 0 Å². The summed E-state index contributed by atoms with van der Waals surface area (Å²) in [4.78, 5) is 23.9. The van der Waals surface area contributed by atoms with E-state index in [1.54, 1.807) is 19.1 Å². The minimum atomic E-state index is -3.67. The molecule has 2 rings (SSSR count). The molecule has 0 bridgehead atoms. The molecule has 1 saturated heterocycles. The van der Waals surface area contributed by atoms with Gasteiger partial charge < -0.3 is 15.4 Å². The van der Waals surface area contributed by atoms with E-state index in [0.717, 1.165) is 0 Å². The number of hydrogen-bond acceptors (Lipinski definition) is 5.